The van der Waals surface area contributed by atoms with Crippen molar-refractivity contribution < 1.29 is 19.4 Å². The Morgan fingerprint density at radius 1 is 1.25 bits per heavy atom. The van der Waals surface area contributed by atoms with Crippen molar-refractivity contribution in [3.8, 4) is 0 Å². The highest BCUT2D eigenvalue weighted by atomic mass is 16.5. The van der Waals surface area contributed by atoms with E-state index >= 15 is 0 Å². The van der Waals surface area contributed by atoms with Crippen molar-refractivity contribution in [2.75, 3.05) is 26.3 Å². The maximum atomic E-state index is 12.0. The third kappa shape index (κ3) is 4.67. The monoisotopic (exact) mass is 284 g/mol. The highest BCUT2D eigenvalue weighted by Gasteiger charge is 2.31. The first-order chi connectivity index (χ1) is 9.68. The van der Waals surface area contributed by atoms with E-state index in [9.17, 15) is 9.59 Å². The minimum absolute atomic E-state index is 0.265. The van der Waals surface area contributed by atoms with Gasteiger partial charge in [0.2, 0.25) is 0 Å². The molecule has 2 amide bonds. The number of carbonyl (C=O) groups is 2. The number of nitrogens with one attached hydrogen (secondary N) is 1. The number of hydrogen-bond donors (Lipinski definition) is 2. The molecule has 6 heteroatoms. The van der Waals surface area contributed by atoms with E-state index in [0.717, 1.165) is 31.8 Å². The molecule has 1 heterocycles. The molecule has 2 aliphatic rings. The molecule has 2 rings (SSSR count). The van der Waals surface area contributed by atoms with Gasteiger partial charge >= 0.3 is 12.0 Å². The molecule has 1 aliphatic carbocycles. The van der Waals surface area contributed by atoms with Gasteiger partial charge in [0.15, 0.2) is 0 Å². The van der Waals surface area contributed by atoms with Crippen LogP contribution in [0.5, 0.6) is 0 Å². The van der Waals surface area contributed by atoms with Crippen LogP contribution in [0.1, 0.15) is 38.5 Å². The molecular formula is C14H24N2O4. The van der Waals surface area contributed by atoms with Crippen molar-refractivity contribution in [3.63, 3.8) is 0 Å². The zero-order chi connectivity index (χ0) is 14.4. The second-order valence-electron chi connectivity index (χ2n) is 5.65. The van der Waals surface area contributed by atoms with E-state index in [1.165, 1.54) is 17.7 Å². The highest BCUT2D eigenvalue weighted by molar-refractivity contribution is 5.82. The van der Waals surface area contributed by atoms with Gasteiger partial charge in [-0.15, -0.1) is 0 Å². The van der Waals surface area contributed by atoms with Crippen LogP contribution >= 0.6 is 0 Å². The van der Waals surface area contributed by atoms with Gasteiger partial charge in [-0.3, -0.25) is 0 Å². The van der Waals surface area contributed by atoms with Crippen LogP contribution in [-0.4, -0.2) is 54.4 Å². The Balaban J connectivity index is 1.60. The number of likely N-dealkylation sites (tertiary alicyclic amines) is 1. The molecule has 1 atom stereocenters. The lowest BCUT2D eigenvalue weighted by Gasteiger charge is -2.32. The van der Waals surface area contributed by atoms with E-state index in [4.69, 9.17) is 9.84 Å². The maximum Gasteiger partial charge on any atom is 0.326 e. The Labute approximate surface area is 119 Å². The third-order valence-electron chi connectivity index (χ3n) is 3.84. The molecule has 0 aromatic heterocycles. The van der Waals surface area contributed by atoms with Crippen LogP contribution in [0.15, 0.2) is 0 Å². The number of piperidine rings is 1. The quantitative estimate of drug-likeness (QED) is 0.694. The summed E-state index contributed by atoms with van der Waals surface area (Å²) in [5, 5.41) is 11.9. The van der Waals surface area contributed by atoms with Crippen molar-refractivity contribution >= 4 is 12.0 Å². The molecule has 0 bridgehead atoms. The third-order valence-corrected chi connectivity index (χ3v) is 3.84. The molecule has 1 saturated heterocycles. The second-order valence-corrected chi connectivity index (χ2v) is 5.65. The van der Waals surface area contributed by atoms with Crippen molar-refractivity contribution in [2.24, 2.45) is 5.92 Å². The Bertz CT molecular complexity index is 344. The van der Waals surface area contributed by atoms with E-state index in [1.54, 1.807) is 0 Å². The van der Waals surface area contributed by atoms with E-state index in [0.29, 0.717) is 26.1 Å². The predicted octanol–water partition coefficient (Wildman–Crippen LogP) is 1.45. The van der Waals surface area contributed by atoms with Crippen molar-refractivity contribution in [1.29, 1.82) is 0 Å². The Morgan fingerprint density at radius 2 is 2.05 bits per heavy atom. The van der Waals surface area contributed by atoms with Crippen LogP contribution in [0.25, 0.3) is 0 Å². The lowest BCUT2D eigenvalue weighted by molar-refractivity contribution is -0.143. The molecule has 0 spiro atoms. The number of rotatable bonds is 7. The molecular weight excluding hydrogens is 260 g/mol. The summed E-state index contributed by atoms with van der Waals surface area (Å²) >= 11 is 0. The largest absolute Gasteiger partial charge is 0.480 e. The average molecular weight is 284 g/mol. The standard InChI is InChI=1S/C14H24N2O4/c17-13(18)12-4-1-2-8-16(12)14(19)15-7-3-9-20-10-11-5-6-11/h11-12H,1-10H2,(H,15,19)(H,17,18). The van der Waals surface area contributed by atoms with Crippen LogP contribution in [0.3, 0.4) is 0 Å². The van der Waals surface area contributed by atoms with Crippen LogP contribution in [-0.2, 0) is 9.53 Å². The molecule has 1 saturated carbocycles. The van der Waals surface area contributed by atoms with E-state index in [2.05, 4.69) is 5.32 Å². The number of ether oxygens (including phenoxy) is 1. The van der Waals surface area contributed by atoms with Gasteiger partial charge in [-0.1, -0.05) is 0 Å². The van der Waals surface area contributed by atoms with Crippen molar-refractivity contribution in [1.82, 2.24) is 10.2 Å². The lowest BCUT2D eigenvalue weighted by atomic mass is 10.0. The van der Waals surface area contributed by atoms with Crippen LogP contribution in [0.2, 0.25) is 0 Å². The predicted molar refractivity (Wildman–Crippen MR) is 73.5 cm³/mol. The number of carboxylic acid groups (broad SMARTS) is 1. The molecule has 1 aliphatic heterocycles. The van der Waals surface area contributed by atoms with Gasteiger partial charge in [0, 0.05) is 26.3 Å². The summed E-state index contributed by atoms with van der Waals surface area (Å²) in [5.74, 6) is -0.151. The van der Waals surface area contributed by atoms with Gasteiger partial charge in [-0.05, 0) is 44.4 Å². The smallest absolute Gasteiger partial charge is 0.326 e. The molecule has 1 unspecified atom stereocenters. The molecule has 0 radical (unpaired) electrons. The topological polar surface area (TPSA) is 78.9 Å². The molecule has 6 nitrogen and oxygen atoms in total. The Hall–Kier alpha value is -1.30. The lowest BCUT2D eigenvalue weighted by Crippen LogP contribution is -2.52. The SMILES string of the molecule is O=C(O)C1CCCCN1C(=O)NCCCOCC1CC1. The second kappa shape index (κ2) is 7.47. The fraction of sp³-hybridized carbons (Fsp3) is 0.857. The van der Waals surface area contributed by atoms with Crippen molar-refractivity contribution in [2.45, 2.75) is 44.6 Å². The molecule has 0 aromatic carbocycles. The summed E-state index contributed by atoms with van der Waals surface area (Å²) in [6.45, 7) is 2.55. The summed E-state index contributed by atoms with van der Waals surface area (Å²) in [5.41, 5.74) is 0. The normalized spacial score (nSPS) is 22.6. The van der Waals surface area contributed by atoms with Gasteiger partial charge in [-0.2, -0.15) is 0 Å². The van der Waals surface area contributed by atoms with Crippen molar-refractivity contribution in [3.05, 3.63) is 0 Å². The first kappa shape index (κ1) is 15.1. The number of carbonyl (C=O) groups excluding carboxylic acids is 1. The molecule has 2 fully saturated rings. The summed E-state index contributed by atoms with van der Waals surface area (Å²) in [7, 11) is 0. The number of amides is 2. The van der Waals surface area contributed by atoms with Crippen LogP contribution < -0.4 is 5.32 Å². The molecule has 20 heavy (non-hydrogen) atoms. The molecule has 0 aromatic rings. The van der Waals surface area contributed by atoms with Crippen LogP contribution in [0, 0.1) is 5.92 Å². The van der Waals surface area contributed by atoms with Gasteiger partial charge in [0.1, 0.15) is 6.04 Å². The van der Waals surface area contributed by atoms with Gasteiger partial charge in [-0.25, -0.2) is 9.59 Å². The first-order valence-electron chi connectivity index (χ1n) is 7.53. The Kier molecular flexibility index (Phi) is 5.64. The van der Waals surface area contributed by atoms with E-state index in [1.807, 2.05) is 0 Å². The molecule has 114 valence electrons. The number of nitrogens with zero attached hydrogens (tertiary/aromatic N) is 1. The highest BCUT2D eigenvalue weighted by Crippen LogP contribution is 2.28. The van der Waals surface area contributed by atoms with Gasteiger partial charge in [0.05, 0.1) is 0 Å². The van der Waals surface area contributed by atoms with E-state index < -0.39 is 12.0 Å². The van der Waals surface area contributed by atoms with Gasteiger partial charge in [0.25, 0.3) is 0 Å². The zero-order valence-corrected chi connectivity index (χ0v) is 11.8. The maximum absolute atomic E-state index is 12.0. The summed E-state index contributed by atoms with van der Waals surface area (Å²) in [4.78, 5) is 24.5. The Morgan fingerprint density at radius 3 is 2.75 bits per heavy atom. The summed E-state index contributed by atoms with van der Waals surface area (Å²) in [6, 6.07) is -0.936. The average Bonchev–Trinajstić information content (AvgIpc) is 3.26. The fourth-order valence-electron chi connectivity index (χ4n) is 2.44. The minimum atomic E-state index is -0.910. The summed E-state index contributed by atoms with van der Waals surface area (Å²) < 4.78 is 5.49. The fourth-order valence-corrected chi connectivity index (χ4v) is 2.44. The van der Waals surface area contributed by atoms with Gasteiger partial charge < -0.3 is 20.1 Å². The molecule has 2 N–H and O–H groups in total. The zero-order valence-electron chi connectivity index (χ0n) is 11.8. The van der Waals surface area contributed by atoms with E-state index in [-0.39, 0.29) is 6.03 Å². The summed E-state index contributed by atoms with van der Waals surface area (Å²) in [6.07, 6.45) is 5.62. The first-order valence-corrected chi connectivity index (χ1v) is 7.53. The number of carboxylic acids is 1. The number of aliphatic carboxylic acids is 1. The number of urea groups is 1. The number of hydrogen-bond acceptors (Lipinski definition) is 3. The van der Waals surface area contributed by atoms with Crippen LogP contribution in [0.4, 0.5) is 4.79 Å². The minimum Gasteiger partial charge on any atom is -0.480 e.